The van der Waals surface area contributed by atoms with Gasteiger partial charge in [-0.25, -0.2) is 14.1 Å². The standard InChI is InChI=1S/C15H15ClFN3O3S2.C15H22ClNO2.C8H11Cl2NO/c1-23-13(21)8-24-12-7-11(10(17)6-9(12)16)18-14-19-4-2-3-5-20(19)15(22)25-14;1-5-13-8-6-7-11(2)15(13)17(14(18)9-16)12(3)10-19-4;1-3-5-11(6-4-2)8(12)7(9)10/h6-7H,2-5,8H2,1H3;6-8,12H,5,9-10H2,1-4H3;3-4,7H,1-2,5-6H2. The van der Waals surface area contributed by atoms with Crippen LogP contribution in [0.25, 0.3) is 0 Å². The maximum absolute atomic E-state index is 14.3. The van der Waals surface area contributed by atoms with Gasteiger partial charge in [-0.05, 0) is 67.7 Å². The normalized spacial score (nSPS) is 12.7. The van der Waals surface area contributed by atoms with Gasteiger partial charge in [-0.3, -0.25) is 23.9 Å². The molecule has 0 fully saturated rings. The van der Waals surface area contributed by atoms with Crippen molar-refractivity contribution in [2.24, 2.45) is 4.99 Å². The Hall–Kier alpha value is -3.11. The van der Waals surface area contributed by atoms with E-state index in [9.17, 15) is 23.6 Å². The third-order valence-electron chi connectivity index (χ3n) is 8.05. The summed E-state index contributed by atoms with van der Waals surface area (Å²) in [6.45, 7) is 15.8. The van der Waals surface area contributed by atoms with E-state index in [1.54, 1.807) is 33.5 Å². The Kier molecular flexibility index (Phi) is 22.1. The summed E-state index contributed by atoms with van der Waals surface area (Å²) in [6.07, 6.45) is 5.99. The second-order valence-electron chi connectivity index (χ2n) is 12.1. The van der Waals surface area contributed by atoms with Gasteiger partial charge in [0.1, 0.15) is 17.4 Å². The third kappa shape index (κ3) is 14.4. The number of fused-ring (bicyclic) bond motifs is 1. The first-order valence-corrected chi connectivity index (χ1v) is 21.1. The molecule has 0 spiro atoms. The average Bonchev–Trinajstić information content (AvgIpc) is 3.50. The van der Waals surface area contributed by atoms with Gasteiger partial charge in [0.2, 0.25) is 10.7 Å². The Labute approximate surface area is 355 Å². The number of aromatic nitrogens is 2. The van der Waals surface area contributed by atoms with Crippen molar-refractivity contribution < 1.29 is 28.2 Å². The molecule has 11 nitrogen and oxygen atoms in total. The lowest BCUT2D eigenvalue weighted by molar-refractivity contribution is -0.137. The number of carbonyl (C=O) groups excluding carboxylic acids is 3. The zero-order chi connectivity index (χ0) is 41.9. The largest absolute Gasteiger partial charge is 0.468 e. The number of methoxy groups -OCH3 is 2. The van der Waals surface area contributed by atoms with E-state index < -0.39 is 16.6 Å². The number of alkyl halides is 3. The monoisotopic (exact) mass is 893 g/mol. The van der Waals surface area contributed by atoms with Gasteiger partial charge in [0.15, 0.2) is 4.84 Å². The Bertz CT molecular complexity index is 1930. The summed E-state index contributed by atoms with van der Waals surface area (Å²) in [7, 11) is 2.93. The van der Waals surface area contributed by atoms with Crippen molar-refractivity contribution >= 4 is 98.7 Å². The molecule has 0 saturated carbocycles. The number of rotatable bonds is 15. The second-order valence-corrected chi connectivity index (χ2v) is 15.8. The van der Waals surface area contributed by atoms with Crippen molar-refractivity contribution in [1.82, 2.24) is 14.3 Å². The van der Waals surface area contributed by atoms with Crippen molar-refractivity contribution in [1.29, 1.82) is 0 Å². The van der Waals surface area contributed by atoms with Crippen LogP contribution in [-0.2, 0) is 43.4 Å². The molecule has 0 aliphatic carbocycles. The molecule has 1 aromatic heterocycles. The van der Waals surface area contributed by atoms with Gasteiger partial charge in [0.05, 0.1) is 36.2 Å². The molecule has 1 atom stereocenters. The first kappa shape index (κ1) is 49.0. The number of hydrogen-bond donors (Lipinski definition) is 0. The van der Waals surface area contributed by atoms with E-state index in [2.05, 4.69) is 35.9 Å². The summed E-state index contributed by atoms with van der Waals surface area (Å²) in [5.74, 6) is -1.35. The number of para-hydroxylation sites is 1. The summed E-state index contributed by atoms with van der Waals surface area (Å²) >= 11 is 24.7. The van der Waals surface area contributed by atoms with Crippen LogP contribution in [0.5, 0.6) is 0 Å². The van der Waals surface area contributed by atoms with Gasteiger partial charge in [-0.2, -0.15) is 0 Å². The number of thioether (sulfide) groups is 1. The maximum atomic E-state index is 14.3. The zero-order valence-corrected chi connectivity index (χ0v) is 36.7. The summed E-state index contributed by atoms with van der Waals surface area (Å²) in [5.41, 5.74) is 3.29. The van der Waals surface area contributed by atoms with Crippen LogP contribution in [0.15, 0.2) is 70.3 Å². The van der Waals surface area contributed by atoms with E-state index >= 15 is 0 Å². The van der Waals surface area contributed by atoms with Gasteiger partial charge < -0.3 is 19.3 Å². The van der Waals surface area contributed by atoms with Crippen LogP contribution in [0.2, 0.25) is 5.02 Å². The van der Waals surface area contributed by atoms with E-state index in [4.69, 9.17) is 51.1 Å². The van der Waals surface area contributed by atoms with Crippen LogP contribution in [0, 0.1) is 12.7 Å². The van der Waals surface area contributed by atoms with E-state index in [0.717, 1.165) is 65.2 Å². The summed E-state index contributed by atoms with van der Waals surface area (Å²) in [4.78, 5) is 54.1. The number of aryl methyl sites for hydroxylation is 2. The molecule has 1 unspecified atom stereocenters. The minimum Gasteiger partial charge on any atom is -0.468 e. The van der Waals surface area contributed by atoms with Crippen LogP contribution < -0.4 is 14.6 Å². The first-order chi connectivity index (χ1) is 26.7. The number of halogens is 5. The first-order valence-electron chi connectivity index (χ1n) is 17.5. The number of ether oxygens (including phenoxy) is 2. The number of benzene rings is 2. The Morgan fingerprint density at radius 1 is 1.11 bits per heavy atom. The maximum Gasteiger partial charge on any atom is 0.325 e. The molecular formula is C38H48Cl4FN5O6S2. The second kappa shape index (κ2) is 25.3. The highest BCUT2D eigenvalue weighted by Crippen LogP contribution is 2.33. The van der Waals surface area contributed by atoms with E-state index in [0.29, 0.717) is 42.5 Å². The number of carbonyl (C=O) groups is 3. The lowest BCUT2D eigenvalue weighted by Gasteiger charge is -2.31. The number of amides is 2. The Morgan fingerprint density at radius 2 is 1.75 bits per heavy atom. The molecule has 3 aromatic rings. The topological polar surface area (TPSA) is 115 Å². The predicted octanol–water partition coefficient (Wildman–Crippen LogP) is 7.95. The van der Waals surface area contributed by atoms with Crippen molar-refractivity contribution in [3.63, 3.8) is 0 Å². The highest BCUT2D eigenvalue weighted by Gasteiger charge is 2.25. The van der Waals surface area contributed by atoms with Crippen molar-refractivity contribution in [3.8, 4) is 0 Å². The van der Waals surface area contributed by atoms with Crippen LogP contribution >= 0.6 is 69.5 Å². The minimum absolute atomic E-state index is 0.0223. The van der Waals surface area contributed by atoms with Crippen molar-refractivity contribution in [2.45, 2.75) is 68.9 Å². The summed E-state index contributed by atoms with van der Waals surface area (Å²) < 4.78 is 27.4. The number of anilines is 1. The smallest absolute Gasteiger partial charge is 0.325 e. The number of esters is 1. The predicted molar refractivity (Wildman–Crippen MR) is 228 cm³/mol. The highest BCUT2D eigenvalue weighted by atomic mass is 35.5. The fraction of sp³-hybridized carbons (Fsp3) is 0.447. The fourth-order valence-electron chi connectivity index (χ4n) is 5.46. The van der Waals surface area contributed by atoms with E-state index in [1.807, 2.05) is 26.0 Å². The molecule has 2 heterocycles. The molecule has 0 N–H and O–H groups in total. The van der Waals surface area contributed by atoms with Crippen LogP contribution in [0.1, 0.15) is 37.8 Å². The lowest BCUT2D eigenvalue weighted by Crippen LogP contribution is -2.43. The van der Waals surface area contributed by atoms with Gasteiger partial charge in [0, 0.05) is 38.2 Å². The molecule has 308 valence electrons. The Balaban J connectivity index is 0.000000311. The Morgan fingerprint density at radius 3 is 2.30 bits per heavy atom. The average molecular weight is 896 g/mol. The third-order valence-corrected chi connectivity index (χ3v) is 11.0. The molecule has 1 aliphatic rings. The van der Waals surface area contributed by atoms with Crippen molar-refractivity contribution in [2.75, 3.05) is 50.4 Å². The zero-order valence-electron chi connectivity index (χ0n) is 32.1. The quantitative estimate of drug-likeness (QED) is 0.0659. The molecular weight excluding hydrogens is 847 g/mol. The van der Waals surface area contributed by atoms with Crippen LogP contribution in [0.3, 0.4) is 0 Å². The van der Waals surface area contributed by atoms with Crippen LogP contribution in [-0.4, -0.2) is 88.5 Å². The van der Waals surface area contributed by atoms with Crippen molar-refractivity contribution in [3.05, 3.63) is 92.1 Å². The van der Waals surface area contributed by atoms with E-state index in [-0.39, 0.29) is 45.1 Å². The molecule has 2 aromatic carbocycles. The van der Waals surface area contributed by atoms with Gasteiger partial charge in [-0.15, -0.1) is 36.5 Å². The van der Waals surface area contributed by atoms with Gasteiger partial charge >= 0.3 is 10.8 Å². The highest BCUT2D eigenvalue weighted by molar-refractivity contribution is 8.00. The van der Waals surface area contributed by atoms with Gasteiger partial charge in [-0.1, -0.05) is 72.1 Å². The van der Waals surface area contributed by atoms with Gasteiger partial charge in [0.25, 0.3) is 5.91 Å². The minimum atomic E-state index is -1.01. The van der Waals surface area contributed by atoms with Crippen LogP contribution in [0.4, 0.5) is 15.8 Å². The molecule has 56 heavy (non-hydrogen) atoms. The van der Waals surface area contributed by atoms with E-state index in [1.165, 1.54) is 18.1 Å². The molecule has 1 aliphatic heterocycles. The molecule has 18 heteroatoms. The SMILES string of the molecule is C=CCN(CC=C)C(=O)C(Cl)Cl.CCc1cccc(C)c1N(C(=O)CCl)C(C)COC.COC(=O)CSc1cc(N=c2sc(=O)n3n2CCCC3)c(F)cc1Cl. The fourth-order valence-corrected chi connectivity index (χ4v) is 7.85. The number of hydrogen-bond acceptors (Lipinski definition) is 9. The molecule has 0 radical (unpaired) electrons. The number of nitrogens with zero attached hydrogens (tertiary/aromatic N) is 5. The molecule has 0 bridgehead atoms. The summed E-state index contributed by atoms with van der Waals surface area (Å²) in [6, 6.07) is 8.69. The molecule has 2 amide bonds. The summed E-state index contributed by atoms with van der Waals surface area (Å²) in [5, 5.41) is 0.199. The molecule has 4 rings (SSSR count). The lowest BCUT2D eigenvalue weighted by atomic mass is 10.0. The molecule has 0 saturated heterocycles.